The van der Waals surface area contributed by atoms with Crippen molar-refractivity contribution in [3.05, 3.63) is 65.4 Å². The number of methoxy groups -OCH3 is 2. The van der Waals surface area contributed by atoms with Crippen molar-refractivity contribution < 1.29 is 23.8 Å². The molecular formula is C24H27N3O5S. The van der Waals surface area contributed by atoms with Crippen LogP contribution < -0.4 is 20.1 Å². The molecule has 0 saturated carbocycles. The van der Waals surface area contributed by atoms with Crippen LogP contribution in [0.4, 0.5) is 5.69 Å². The van der Waals surface area contributed by atoms with E-state index in [1.165, 1.54) is 11.8 Å². The van der Waals surface area contributed by atoms with E-state index in [9.17, 15) is 9.59 Å². The fourth-order valence-corrected chi connectivity index (χ4v) is 4.00. The summed E-state index contributed by atoms with van der Waals surface area (Å²) in [6, 6.07) is 14.0. The number of nitrogens with one attached hydrogen (secondary N) is 2. The first kappa shape index (κ1) is 24.2. The van der Waals surface area contributed by atoms with Crippen molar-refractivity contribution in [2.45, 2.75) is 19.9 Å². The van der Waals surface area contributed by atoms with Gasteiger partial charge in [0.1, 0.15) is 17.5 Å². The number of allylic oxidation sites excluding steroid dienone is 1. The minimum atomic E-state index is -0.555. The van der Waals surface area contributed by atoms with Crippen molar-refractivity contribution in [2.24, 2.45) is 4.99 Å². The number of carbonyl (C=O) groups is 2. The number of thioether (sulfide) groups is 1. The number of hydrogen-bond donors (Lipinski definition) is 2. The second kappa shape index (κ2) is 11.4. The third kappa shape index (κ3) is 6.29. The van der Waals surface area contributed by atoms with E-state index in [2.05, 4.69) is 10.6 Å². The predicted molar refractivity (Wildman–Crippen MR) is 130 cm³/mol. The lowest BCUT2D eigenvalue weighted by Crippen LogP contribution is -2.31. The SMILES string of the molecule is CCOC(=O)C1=C(C)NC(SCC(=O)Nc2cccc(OC)c2)=N[C@@H]1c1ccc(OC)cc1. The van der Waals surface area contributed by atoms with Crippen LogP contribution in [0.25, 0.3) is 0 Å². The van der Waals surface area contributed by atoms with Gasteiger partial charge in [-0.1, -0.05) is 30.0 Å². The molecule has 1 amide bonds. The third-order valence-electron chi connectivity index (χ3n) is 4.84. The summed E-state index contributed by atoms with van der Waals surface area (Å²) < 4.78 is 15.7. The number of carbonyl (C=O) groups excluding carboxylic acids is 2. The van der Waals surface area contributed by atoms with E-state index < -0.39 is 12.0 Å². The van der Waals surface area contributed by atoms with Crippen LogP contribution in [0, 0.1) is 0 Å². The van der Waals surface area contributed by atoms with Crippen LogP contribution in [0.2, 0.25) is 0 Å². The Bertz CT molecular complexity index is 1070. The summed E-state index contributed by atoms with van der Waals surface area (Å²) in [4.78, 5) is 29.8. The smallest absolute Gasteiger partial charge is 0.338 e. The lowest BCUT2D eigenvalue weighted by molar-refractivity contribution is -0.139. The highest BCUT2D eigenvalue weighted by Gasteiger charge is 2.30. The van der Waals surface area contributed by atoms with Crippen LogP contribution in [-0.4, -0.2) is 43.6 Å². The Morgan fingerprint density at radius 2 is 1.82 bits per heavy atom. The fraction of sp³-hybridized carbons (Fsp3) is 0.292. The number of ether oxygens (including phenoxy) is 3. The molecule has 2 aromatic rings. The van der Waals surface area contributed by atoms with Gasteiger partial charge >= 0.3 is 5.97 Å². The van der Waals surface area contributed by atoms with Crippen molar-refractivity contribution >= 4 is 34.5 Å². The summed E-state index contributed by atoms with van der Waals surface area (Å²) in [5.74, 6) is 0.899. The molecule has 0 unspecified atom stereocenters. The number of amidine groups is 1. The molecule has 1 heterocycles. The van der Waals surface area contributed by atoms with E-state index in [4.69, 9.17) is 19.2 Å². The lowest BCUT2D eigenvalue weighted by Gasteiger charge is -2.25. The highest BCUT2D eigenvalue weighted by Crippen LogP contribution is 2.33. The molecule has 0 fully saturated rings. The molecule has 9 heteroatoms. The minimum absolute atomic E-state index is 0.139. The van der Waals surface area contributed by atoms with Crippen molar-refractivity contribution in [1.29, 1.82) is 0 Å². The topological polar surface area (TPSA) is 98.2 Å². The molecular weight excluding hydrogens is 442 g/mol. The Hall–Kier alpha value is -3.46. The molecule has 2 N–H and O–H groups in total. The summed E-state index contributed by atoms with van der Waals surface area (Å²) >= 11 is 1.26. The Labute approximate surface area is 197 Å². The average Bonchev–Trinajstić information content (AvgIpc) is 2.82. The lowest BCUT2D eigenvalue weighted by atomic mass is 9.96. The molecule has 3 rings (SSSR count). The third-order valence-corrected chi connectivity index (χ3v) is 5.73. The van der Waals surface area contributed by atoms with Crippen LogP contribution in [0.15, 0.2) is 64.8 Å². The van der Waals surface area contributed by atoms with Crippen LogP contribution >= 0.6 is 11.8 Å². The molecule has 0 spiro atoms. The number of aliphatic imine (C=N–C) groups is 1. The highest BCUT2D eigenvalue weighted by atomic mass is 32.2. The number of anilines is 1. The van der Waals surface area contributed by atoms with Crippen molar-refractivity contribution in [2.75, 3.05) is 31.9 Å². The summed E-state index contributed by atoms with van der Waals surface area (Å²) in [5.41, 5.74) is 2.54. The molecule has 0 radical (unpaired) electrons. The van der Waals surface area contributed by atoms with Crippen molar-refractivity contribution in [1.82, 2.24) is 5.32 Å². The maximum Gasteiger partial charge on any atom is 0.338 e. The van der Waals surface area contributed by atoms with Gasteiger partial charge in [0.25, 0.3) is 0 Å². The summed E-state index contributed by atoms with van der Waals surface area (Å²) in [6.45, 7) is 3.83. The summed E-state index contributed by atoms with van der Waals surface area (Å²) in [6.07, 6.45) is 0. The van der Waals surface area contributed by atoms with E-state index in [1.54, 1.807) is 52.3 Å². The van der Waals surface area contributed by atoms with Crippen molar-refractivity contribution in [3.63, 3.8) is 0 Å². The van der Waals surface area contributed by atoms with Crippen LogP contribution in [0.5, 0.6) is 11.5 Å². The van der Waals surface area contributed by atoms with Gasteiger partial charge < -0.3 is 24.8 Å². The molecule has 0 aliphatic carbocycles. The van der Waals surface area contributed by atoms with Gasteiger partial charge in [0, 0.05) is 17.5 Å². The van der Waals surface area contributed by atoms with Gasteiger partial charge in [0.15, 0.2) is 5.17 Å². The largest absolute Gasteiger partial charge is 0.497 e. The van der Waals surface area contributed by atoms with Crippen LogP contribution in [0.3, 0.4) is 0 Å². The molecule has 174 valence electrons. The number of hydrogen-bond acceptors (Lipinski definition) is 8. The van der Waals surface area contributed by atoms with Crippen LogP contribution in [0.1, 0.15) is 25.5 Å². The van der Waals surface area contributed by atoms with Gasteiger partial charge in [0.05, 0.1) is 32.2 Å². The van der Waals surface area contributed by atoms with Gasteiger partial charge in [-0.3, -0.25) is 4.79 Å². The number of nitrogens with zero attached hydrogens (tertiary/aromatic N) is 1. The molecule has 2 aromatic carbocycles. The molecule has 1 atom stereocenters. The van der Waals surface area contributed by atoms with E-state index in [-0.39, 0.29) is 18.3 Å². The number of rotatable bonds is 8. The predicted octanol–water partition coefficient (Wildman–Crippen LogP) is 3.91. The zero-order valence-corrected chi connectivity index (χ0v) is 19.8. The molecule has 1 aliphatic heterocycles. The quantitative estimate of drug-likeness (QED) is 0.566. The minimum Gasteiger partial charge on any atom is -0.497 e. The molecule has 0 saturated heterocycles. The highest BCUT2D eigenvalue weighted by molar-refractivity contribution is 8.14. The Morgan fingerprint density at radius 3 is 2.48 bits per heavy atom. The summed E-state index contributed by atoms with van der Waals surface area (Å²) in [5, 5.41) is 6.52. The second-order valence-corrected chi connectivity index (χ2v) is 8.03. The van der Waals surface area contributed by atoms with E-state index in [1.807, 2.05) is 24.3 Å². The maximum atomic E-state index is 12.6. The maximum absolute atomic E-state index is 12.6. The molecule has 33 heavy (non-hydrogen) atoms. The van der Waals surface area contributed by atoms with Gasteiger partial charge in [0.2, 0.25) is 5.91 Å². The number of esters is 1. The van der Waals surface area contributed by atoms with Gasteiger partial charge in [-0.2, -0.15) is 0 Å². The number of benzene rings is 2. The molecule has 0 aromatic heterocycles. The zero-order chi connectivity index (χ0) is 23.8. The fourth-order valence-electron chi connectivity index (χ4n) is 3.25. The van der Waals surface area contributed by atoms with Crippen molar-refractivity contribution in [3.8, 4) is 11.5 Å². The first-order valence-electron chi connectivity index (χ1n) is 10.4. The standard InChI is InChI=1S/C24H27N3O5S/c1-5-32-23(29)21-15(2)25-24(27-22(21)16-9-11-18(30-3)12-10-16)33-14-20(28)26-17-7-6-8-19(13-17)31-4/h6-13,22H,5,14H2,1-4H3,(H,25,27)(H,26,28)/t22-/m1/s1. The molecule has 8 nitrogen and oxygen atoms in total. The molecule has 0 bridgehead atoms. The average molecular weight is 470 g/mol. The van der Waals surface area contributed by atoms with E-state index >= 15 is 0 Å². The molecule has 1 aliphatic rings. The normalized spacial score (nSPS) is 15.3. The first-order valence-corrected chi connectivity index (χ1v) is 11.4. The monoisotopic (exact) mass is 469 g/mol. The van der Waals surface area contributed by atoms with Gasteiger partial charge in [-0.25, -0.2) is 9.79 Å². The van der Waals surface area contributed by atoms with Gasteiger partial charge in [-0.15, -0.1) is 0 Å². The Morgan fingerprint density at radius 1 is 1.09 bits per heavy atom. The number of amides is 1. The first-order chi connectivity index (χ1) is 15.9. The van der Waals surface area contributed by atoms with E-state index in [0.29, 0.717) is 33.6 Å². The van der Waals surface area contributed by atoms with Crippen LogP contribution in [-0.2, 0) is 14.3 Å². The van der Waals surface area contributed by atoms with Gasteiger partial charge in [-0.05, 0) is 43.7 Å². The van der Waals surface area contributed by atoms with E-state index in [0.717, 1.165) is 5.56 Å². The Balaban J connectivity index is 1.76. The summed E-state index contributed by atoms with van der Waals surface area (Å²) in [7, 11) is 3.17. The zero-order valence-electron chi connectivity index (χ0n) is 19.0. The second-order valence-electron chi connectivity index (χ2n) is 7.06. The Kier molecular flexibility index (Phi) is 8.37.